The number of amides is 1. The maximum atomic E-state index is 12.4. The van der Waals surface area contributed by atoms with Gasteiger partial charge in [-0.2, -0.15) is 5.10 Å². The first-order valence-corrected chi connectivity index (χ1v) is 7.15. The van der Waals surface area contributed by atoms with Gasteiger partial charge in [0.1, 0.15) is 0 Å². The number of benzene rings is 1. The summed E-state index contributed by atoms with van der Waals surface area (Å²) in [5.74, 6) is 0.722. The molecule has 23 heavy (non-hydrogen) atoms. The molecule has 3 rings (SSSR count). The van der Waals surface area contributed by atoms with Crippen LogP contribution in [0.3, 0.4) is 0 Å². The molecule has 1 N–H and O–H groups in total. The molecule has 1 aromatic carbocycles. The number of fused-ring (bicyclic) bond motifs is 1. The Labute approximate surface area is 133 Å². The van der Waals surface area contributed by atoms with Gasteiger partial charge in [-0.15, -0.1) is 0 Å². The third-order valence-corrected chi connectivity index (χ3v) is 3.59. The van der Waals surface area contributed by atoms with Crippen LogP contribution in [0.5, 0.6) is 11.5 Å². The Balaban J connectivity index is 1.80. The van der Waals surface area contributed by atoms with E-state index >= 15 is 0 Å². The van der Waals surface area contributed by atoms with Crippen LogP contribution in [0.4, 0.5) is 0 Å². The Morgan fingerprint density at radius 2 is 2.04 bits per heavy atom. The standard InChI is InChI=1S/C17H17N3O3/c1-22-15-8-5-6-13(16(15)23-2)17(21)18-10-12-11-19-20-9-4-3-7-14(12)20/h3-9,11H,10H2,1-2H3,(H,18,21). The van der Waals surface area contributed by atoms with Gasteiger partial charge in [0.2, 0.25) is 0 Å². The molecule has 0 saturated heterocycles. The van der Waals surface area contributed by atoms with Crippen molar-refractivity contribution in [1.82, 2.24) is 14.9 Å². The van der Waals surface area contributed by atoms with Crippen LogP contribution in [-0.2, 0) is 6.54 Å². The van der Waals surface area contributed by atoms with E-state index in [4.69, 9.17) is 9.47 Å². The minimum absolute atomic E-state index is 0.226. The lowest BCUT2D eigenvalue weighted by atomic mass is 10.1. The molecule has 0 fully saturated rings. The molecule has 2 heterocycles. The van der Waals surface area contributed by atoms with Crippen molar-refractivity contribution < 1.29 is 14.3 Å². The molecular formula is C17H17N3O3. The van der Waals surface area contributed by atoms with Crippen LogP contribution in [0.2, 0.25) is 0 Å². The average molecular weight is 311 g/mol. The summed E-state index contributed by atoms with van der Waals surface area (Å²) in [4.78, 5) is 12.4. The number of ether oxygens (including phenoxy) is 2. The van der Waals surface area contributed by atoms with Crippen LogP contribution < -0.4 is 14.8 Å². The molecule has 118 valence electrons. The molecule has 6 heteroatoms. The first-order valence-electron chi connectivity index (χ1n) is 7.15. The Hall–Kier alpha value is -3.02. The van der Waals surface area contributed by atoms with Crippen molar-refractivity contribution in [1.29, 1.82) is 0 Å². The van der Waals surface area contributed by atoms with Crippen LogP contribution >= 0.6 is 0 Å². The zero-order valence-corrected chi connectivity index (χ0v) is 12.9. The summed E-state index contributed by atoms with van der Waals surface area (Å²) in [5.41, 5.74) is 2.34. The van der Waals surface area contributed by atoms with Crippen LogP contribution in [0.1, 0.15) is 15.9 Å². The monoisotopic (exact) mass is 311 g/mol. The maximum Gasteiger partial charge on any atom is 0.255 e. The fourth-order valence-corrected chi connectivity index (χ4v) is 2.46. The maximum absolute atomic E-state index is 12.4. The first kappa shape index (κ1) is 14.9. The number of carbonyl (C=O) groups excluding carboxylic acids is 1. The number of methoxy groups -OCH3 is 2. The van der Waals surface area contributed by atoms with Gasteiger partial charge >= 0.3 is 0 Å². The van der Waals surface area contributed by atoms with E-state index in [1.165, 1.54) is 7.11 Å². The first-order chi connectivity index (χ1) is 11.2. The number of para-hydroxylation sites is 1. The lowest BCUT2D eigenvalue weighted by molar-refractivity contribution is 0.0947. The number of pyridine rings is 1. The fourth-order valence-electron chi connectivity index (χ4n) is 2.46. The van der Waals surface area contributed by atoms with E-state index in [9.17, 15) is 4.79 Å². The molecule has 6 nitrogen and oxygen atoms in total. The predicted octanol–water partition coefficient (Wildman–Crippen LogP) is 2.28. The van der Waals surface area contributed by atoms with Gasteiger partial charge in [-0.05, 0) is 24.3 Å². The highest BCUT2D eigenvalue weighted by molar-refractivity contribution is 5.97. The van der Waals surface area contributed by atoms with E-state index in [0.29, 0.717) is 23.6 Å². The minimum Gasteiger partial charge on any atom is -0.493 e. The van der Waals surface area contributed by atoms with E-state index in [-0.39, 0.29) is 5.91 Å². The summed E-state index contributed by atoms with van der Waals surface area (Å²) in [6.45, 7) is 0.382. The fraction of sp³-hybridized carbons (Fsp3) is 0.176. The molecule has 1 amide bonds. The van der Waals surface area contributed by atoms with Gasteiger partial charge in [0.15, 0.2) is 11.5 Å². The lowest BCUT2D eigenvalue weighted by Gasteiger charge is -2.12. The Morgan fingerprint density at radius 3 is 2.83 bits per heavy atom. The van der Waals surface area contributed by atoms with Gasteiger partial charge < -0.3 is 14.8 Å². The Morgan fingerprint density at radius 1 is 1.17 bits per heavy atom. The van der Waals surface area contributed by atoms with Crippen LogP contribution in [-0.4, -0.2) is 29.7 Å². The summed E-state index contributed by atoms with van der Waals surface area (Å²) in [6.07, 6.45) is 3.62. The number of rotatable bonds is 5. The second kappa shape index (κ2) is 6.39. The molecule has 0 spiro atoms. The molecular weight excluding hydrogens is 294 g/mol. The zero-order chi connectivity index (χ0) is 16.2. The van der Waals surface area contributed by atoms with E-state index in [1.54, 1.807) is 36.0 Å². The molecule has 0 aliphatic heterocycles. The van der Waals surface area contributed by atoms with Crippen LogP contribution in [0.25, 0.3) is 5.52 Å². The van der Waals surface area contributed by atoms with E-state index in [0.717, 1.165) is 11.1 Å². The van der Waals surface area contributed by atoms with Gasteiger partial charge in [0.25, 0.3) is 5.91 Å². The van der Waals surface area contributed by atoms with Crippen molar-refractivity contribution >= 4 is 11.4 Å². The van der Waals surface area contributed by atoms with Gasteiger partial charge in [0.05, 0.1) is 31.5 Å². The highest BCUT2D eigenvalue weighted by atomic mass is 16.5. The normalized spacial score (nSPS) is 10.5. The van der Waals surface area contributed by atoms with Gasteiger partial charge in [-0.3, -0.25) is 4.79 Å². The number of hydrogen-bond donors (Lipinski definition) is 1. The van der Waals surface area contributed by atoms with E-state index in [1.807, 2.05) is 24.4 Å². The number of nitrogens with one attached hydrogen (secondary N) is 1. The second-order valence-electron chi connectivity index (χ2n) is 4.92. The van der Waals surface area contributed by atoms with Crippen LogP contribution in [0.15, 0.2) is 48.8 Å². The number of hydrogen-bond acceptors (Lipinski definition) is 4. The molecule has 0 atom stereocenters. The van der Waals surface area contributed by atoms with Gasteiger partial charge in [-0.1, -0.05) is 12.1 Å². The van der Waals surface area contributed by atoms with Gasteiger partial charge in [-0.25, -0.2) is 4.52 Å². The summed E-state index contributed by atoms with van der Waals surface area (Å²) in [6, 6.07) is 11.0. The Bertz CT molecular complexity index is 842. The predicted molar refractivity (Wildman–Crippen MR) is 85.9 cm³/mol. The Kier molecular flexibility index (Phi) is 4.14. The number of nitrogens with zero attached hydrogens (tertiary/aromatic N) is 2. The summed E-state index contributed by atoms with van der Waals surface area (Å²) in [7, 11) is 3.05. The van der Waals surface area contributed by atoms with Gasteiger partial charge in [0, 0.05) is 18.3 Å². The highest BCUT2D eigenvalue weighted by Crippen LogP contribution is 2.30. The lowest BCUT2D eigenvalue weighted by Crippen LogP contribution is -2.23. The quantitative estimate of drug-likeness (QED) is 0.785. The smallest absolute Gasteiger partial charge is 0.255 e. The van der Waals surface area contributed by atoms with Crippen molar-refractivity contribution in [2.75, 3.05) is 14.2 Å². The third-order valence-electron chi connectivity index (χ3n) is 3.59. The summed E-state index contributed by atoms with van der Waals surface area (Å²) >= 11 is 0. The SMILES string of the molecule is COc1cccc(C(=O)NCc2cnn3ccccc23)c1OC. The largest absolute Gasteiger partial charge is 0.493 e. The molecule has 0 bridgehead atoms. The summed E-state index contributed by atoms with van der Waals surface area (Å²) < 4.78 is 12.3. The molecule has 0 aliphatic rings. The molecule has 0 aliphatic carbocycles. The molecule has 0 radical (unpaired) electrons. The number of aromatic nitrogens is 2. The topological polar surface area (TPSA) is 64.9 Å². The van der Waals surface area contributed by atoms with Crippen molar-refractivity contribution in [3.63, 3.8) is 0 Å². The molecule has 3 aromatic rings. The zero-order valence-electron chi connectivity index (χ0n) is 12.9. The highest BCUT2D eigenvalue weighted by Gasteiger charge is 2.16. The van der Waals surface area contributed by atoms with Crippen LogP contribution in [0, 0.1) is 0 Å². The minimum atomic E-state index is -0.226. The molecule has 2 aromatic heterocycles. The average Bonchev–Trinajstić information content (AvgIpc) is 3.02. The van der Waals surface area contributed by atoms with E-state index < -0.39 is 0 Å². The second-order valence-corrected chi connectivity index (χ2v) is 4.92. The summed E-state index contributed by atoms with van der Waals surface area (Å²) in [5, 5.41) is 7.14. The van der Waals surface area contributed by atoms with Crippen molar-refractivity contribution in [3.05, 3.63) is 59.9 Å². The number of carbonyl (C=O) groups is 1. The third kappa shape index (κ3) is 2.83. The van der Waals surface area contributed by atoms with Crippen molar-refractivity contribution in [3.8, 4) is 11.5 Å². The van der Waals surface area contributed by atoms with Crippen molar-refractivity contribution in [2.24, 2.45) is 0 Å². The molecule has 0 saturated carbocycles. The molecule has 0 unspecified atom stereocenters. The van der Waals surface area contributed by atoms with E-state index in [2.05, 4.69) is 10.4 Å². The van der Waals surface area contributed by atoms with Crippen molar-refractivity contribution in [2.45, 2.75) is 6.54 Å².